The van der Waals surface area contributed by atoms with E-state index >= 15 is 0 Å². The van der Waals surface area contributed by atoms with Crippen LogP contribution in [0.15, 0.2) is 60.7 Å². The minimum atomic E-state index is -0.408. The zero-order valence-electron chi connectivity index (χ0n) is 13.4. The first-order chi connectivity index (χ1) is 12.1. The van der Waals surface area contributed by atoms with E-state index < -0.39 is 5.82 Å². The third-order valence-corrected chi connectivity index (χ3v) is 3.82. The van der Waals surface area contributed by atoms with Gasteiger partial charge in [-0.25, -0.2) is 4.39 Å². The van der Waals surface area contributed by atoms with Gasteiger partial charge >= 0.3 is 0 Å². The summed E-state index contributed by atoms with van der Waals surface area (Å²) in [5.74, 6) is 0.618. The zero-order chi connectivity index (χ0) is 17.8. The number of carbonyl (C=O) groups is 1. The molecule has 0 aliphatic heterocycles. The quantitative estimate of drug-likeness (QED) is 0.700. The van der Waals surface area contributed by atoms with Crippen molar-refractivity contribution in [3.63, 3.8) is 0 Å². The molecule has 0 aliphatic rings. The Bertz CT molecular complexity index is 887. The minimum absolute atomic E-state index is 0.116. The van der Waals surface area contributed by atoms with Crippen LogP contribution in [-0.2, 0) is 4.79 Å². The Morgan fingerprint density at radius 3 is 2.12 bits per heavy atom. The molecule has 3 rings (SSSR count). The maximum absolute atomic E-state index is 14.6. The first-order valence-electron chi connectivity index (χ1n) is 7.50. The predicted molar refractivity (Wildman–Crippen MR) is 92.2 cm³/mol. The summed E-state index contributed by atoms with van der Waals surface area (Å²) in [4.78, 5) is 10.4. The van der Waals surface area contributed by atoms with E-state index in [1.807, 2.05) is 0 Å². The Morgan fingerprint density at radius 1 is 0.920 bits per heavy atom. The number of methoxy groups -OCH3 is 1. The van der Waals surface area contributed by atoms with Gasteiger partial charge in [-0.05, 0) is 47.5 Å². The predicted octanol–water partition coefficient (Wildman–Crippen LogP) is 4.41. The summed E-state index contributed by atoms with van der Waals surface area (Å²) < 4.78 is 24.8. The largest absolute Gasteiger partial charge is 0.508 e. The van der Waals surface area contributed by atoms with Crippen molar-refractivity contribution in [3.8, 4) is 39.5 Å². The number of hydrogen-bond donors (Lipinski definition) is 1. The van der Waals surface area contributed by atoms with Crippen molar-refractivity contribution in [2.75, 3.05) is 7.11 Å². The highest BCUT2D eigenvalue weighted by Gasteiger charge is 2.14. The van der Waals surface area contributed by atoms with Crippen molar-refractivity contribution < 1.29 is 23.8 Å². The molecule has 4 nitrogen and oxygen atoms in total. The third-order valence-electron chi connectivity index (χ3n) is 3.82. The van der Waals surface area contributed by atoms with E-state index in [0.29, 0.717) is 34.7 Å². The van der Waals surface area contributed by atoms with E-state index in [2.05, 4.69) is 0 Å². The molecule has 0 saturated heterocycles. The summed E-state index contributed by atoms with van der Waals surface area (Å²) in [7, 11) is 1.52. The number of aromatic hydroxyl groups is 1. The van der Waals surface area contributed by atoms with Crippen molar-refractivity contribution in [1.82, 2.24) is 0 Å². The van der Waals surface area contributed by atoms with Gasteiger partial charge in [0.25, 0.3) is 6.47 Å². The lowest BCUT2D eigenvalue weighted by Crippen LogP contribution is -1.93. The number of phenols is 1. The first kappa shape index (κ1) is 16.5. The monoisotopic (exact) mass is 338 g/mol. The Morgan fingerprint density at radius 2 is 1.52 bits per heavy atom. The van der Waals surface area contributed by atoms with Crippen LogP contribution in [0.3, 0.4) is 0 Å². The molecule has 0 radical (unpaired) electrons. The smallest absolute Gasteiger partial charge is 0.298 e. The van der Waals surface area contributed by atoms with Gasteiger partial charge in [0.05, 0.1) is 7.11 Å². The van der Waals surface area contributed by atoms with Crippen LogP contribution < -0.4 is 9.47 Å². The van der Waals surface area contributed by atoms with Gasteiger partial charge in [-0.15, -0.1) is 0 Å². The van der Waals surface area contributed by atoms with Crippen molar-refractivity contribution in [3.05, 3.63) is 66.5 Å². The van der Waals surface area contributed by atoms with Crippen LogP contribution >= 0.6 is 0 Å². The molecule has 5 heteroatoms. The molecule has 3 aromatic rings. The highest BCUT2D eigenvalue weighted by atomic mass is 19.1. The van der Waals surface area contributed by atoms with E-state index in [4.69, 9.17) is 9.47 Å². The highest BCUT2D eigenvalue weighted by molar-refractivity contribution is 5.77. The molecule has 0 spiro atoms. The fourth-order valence-corrected chi connectivity index (χ4v) is 2.58. The molecule has 0 atom stereocenters. The molecule has 1 N–H and O–H groups in total. The maximum Gasteiger partial charge on any atom is 0.298 e. The van der Waals surface area contributed by atoms with E-state index in [-0.39, 0.29) is 5.75 Å². The molecular formula is C20H15FO4. The van der Waals surface area contributed by atoms with Gasteiger partial charge in [0.2, 0.25) is 0 Å². The molecule has 0 aromatic heterocycles. The topological polar surface area (TPSA) is 55.8 Å². The van der Waals surface area contributed by atoms with E-state index in [1.165, 1.54) is 25.3 Å². The molecule has 0 saturated carbocycles. The summed E-state index contributed by atoms with van der Waals surface area (Å²) in [6, 6.07) is 16.0. The Kier molecular flexibility index (Phi) is 4.66. The molecule has 0 heterocycles. The van der Waals surface area contributed by atoms with Crippen LogP contribution in [0, 0.1) is 5.82 Å². The minimum Gasteiger partial charge on any atom is -0.508 e. The van der Waals surface area contributed by atoms with Gasteiger partial charge in [-0.2, -0.15) is 0 Å². The van der Waals surface area contributed by atoms with Crippen LogP contribution in [0.5, 0.6) is 17.2 Å². The SMILES string of the molecule is COc1cc(-c2ccc(O)cc2)c(F)cc1-c1ccc(OC=O)cc1. The lowest BCUT2D eigenvalue weighted by atomic mass is 9.98. The average Bonchev–Trinajstić information content (AvgIpc) is 2.63. The van der Waals surface area contributed by atoms with E-state index in [1.54, 1.807) is 42.5 Å². The van der Waals surface area contributed by atoms with Crippen molar-refractivity contribution in [2.45, 2.75) is 0 Å². The molecule has 0 fully saturated rings. The lowest BCUT2D eigenvalue weighted by Gasteiger charge is -2.13. The summed E-state index contributed by atoms with van der Waals surface area (Å²) in [6.07, 6.45) is 0. The van der Waals surface area contributed by atoms with E-state index in [0.717, 1.165) is 5.56 Å². The van der Waals surface area contributed by atoms with Gasteiger partial charge in [-0.3, -0.25) is 4.79 Å². The second-order valence-electron chi connectivity index (χ2n) is 5.32. The van der Waals surface area contributed by atoms with Crippen LogP contribution in [0.2, 0.25) is 0 Å². The number of hydrogen-bond acceptors (Lipinski definition) is 4. The summed E-state index contributed by atoms with van der Waals surface area (Å²) in [5.41, 5.74) is 2.32. The number of halogens is 1. The van der Waals surface area contributed by atoms with Crippen molar-refractivity contribution in [2.24, 2.45) is 0 Å². The molecule has 0 bridgehead atoms. The number of ether oxygens (including phenoxy) is 2. The average molecular weight is 338 g/mol. The number of benzene rings is 3. The Hall–Kier alpha value is -3.34. The lowest BCUT2D eigenvalue weighted by molar-refractivity contribution is -0.120. The van der Waals surface area contributed by atoms with Crippen LogP contribution in [-0.4, -0.2) is 18.7 Å². The van der Waals surface area contributed by atoms with Gasteiger partial charge < -0.3 is 14.6 Å². The summed E-state index contributed by atoms with van der Waals surface area (Å²) in [6.45, 7) is 0.349. The summed E-state index contributed by atoms with van der Waals surface area (Å²) >= 11 is 0. The summed E-state index contributed by atoms with van der Waals surface area (Å²) in [5, 5.41) is 9.38. The Balaban J connectivity index is 2.05. The molecule has 0 aliphatic carbocycles. The number of rotatable bonds is 5. The molecule has 0 unspecified atom stereocenters. The van der Waals surface area contributed by atoms with E-state index in [9.17, 15) is 14.3 Å². The van der Waals surface area contributed by atoms with Gasteiger partial charge in [0.1, 0.15) is 23.1 Å². The highest BCUT2D eigenvalue weighted by Crippen LogP contribution is 2.37. The standard InChI is InChI=1S/C20H15FO4/c1-24-20-11-17(13-2-6-15(23)7-3-13)19(21)10-18(20)14-4-8-16(9-5-14)25-12-22/h2-12,23H,1H3. The molecule has 0 amide bonds. The van der Waals surface area contributed by atoms with Gasteiger partial charge in [0.15, 0.2) is 0 Å². The zero-order valence-corrected chi connectivity index (χ0v) is 13.4. The molecule has 126 valence electrons. The fourth-order valence-electron chi connectivity index (χ4n) is 2.58. The number of carbonyl (C=O) groups excluding carboxylic acids is 1. The van der Waals surface area contributed by atoms with Gasteiger partial charge in [0, 0.05) is 11.1 Å². The normalized spacial score (nSPS) is 10.3. The van der Waals surface area contributed by atoms with Gasteiger partial charge in [-0.1, -0.05) is 24.3 Å². The Labute approximate surface area is 144 Å². The second kappa shape index (κ2) is 7.05. The first-order valence-corrected chi connectivity index (χ1v) is 7.50. The van der Waals surface area contributed by atoms with Crippen molar-refractivity contribution >= 4 is 6.47 Å². The van der Waals surface area contributed by atoms with Crippen LogP contribution in [0.1, 0.15) is 0 Å². The molecule has 25 heavy (non-hydrogen) atoms. The van der Waals surface area contributed by atoms with Crippen LogP contribution in [0.25, 0.3) is 22.3 Å². The van der Waals surface area contributed by atoms with Crippen LogP contribution in [0.4, 0.5) is 4.39 Å². The molecule has 3 aromatic carbocycles. The maximum atomic E-state index is 14.6. The fraction of sp³-hybridized carbons (Fsp3) is 0.0500. The number of phenolic OH excluding ortho intramolecular Hbond substituents is 1. The van der Waals surface area contributed by atoms with Crippen molar-refractivity contribution in [1.29, 1.82) is 0 Å². The molecular weight excluding hydrogens is 323 g/mol. The third kappa shape index (κ3) is 3.45. The second-order valence-corrected chi connectivity index (χ2v) is 5.32.